The first-order chi connectivity index (χ1) is 14.0. The number of carbonyl (C=O) groups excluding carboxylic acids is 2. The Kier molecular flexibility index (Phi) is 6.09. The summed E-state index contributed by atoms with van der Waals surface area (Å²) in [6, 6.07) is 15.6. The van der Waals surface area contributed by atoms with E-state index < -0.39 is 0 Å². The molecule has 0 radical (unpaired) electrons. The molecule has 3 rings (SSSR count). The second-order valence-corrected chi connectivity index (χ2v) is 6.21. The molecule has 2 N–H and O–H groups in total. The van der Waals surface area contributed by atoms with E-state index in [9.17, 15) is 9.59 Å². The van der Waals surface area contributed by atoms with Crippen LogP contribution in [0.1, 0.15) is 27.6 Å². The Morgan fingerprint density at radius 2 is 1.62 bits per heavy atom. The molecule has 0 bridgehead atoms. The van der Waals surface area contributed by atoms with Crippen LogP contribution in [0.2, 0.25) is 0 Å². The lowest BCUT2D eigenvalue weighted by Gasteiger charge is -2.12. The van der Waals surface area contributed by atoms with E-state index in [0.717, 1.165) is 5.69 Å². The number of nitrogens with one attached hydrogen (secondary N) is 2. The Morgan fingerprint density at radius 1 is 0.897 bits per heavy atom. The van der Waals surface area contributed by atoms with Crippen LogP contribution < -0.4 is 20.1 Å². The molecule has 0 saturated heterocycles. The number of rotatable bonds is 7. The highest BCUT2D eigenvalue weighted by atomic mass is 16.5. The largest absolute Gasteiger partial charge is 0.497 e. The van der Waals surface area contributed by atoms with Crippen LogP contribution in [0.25, 0.3) is 0 Å². The van der Waals surface area contributed by atoms with Gasteiger partial charge in [-0.15, -0.1) is 0 Å². The minimum Gasteiger partial charge on any atom is -0.497 e. The smallest absolute Gasteiger partial charge is 0.257 e. The van der Waals surface area contributed by atoms with Crippen LogP contribution in [0.15, 0.2) is 60.8 Å². The van der Waals surface area contributed by atoms with E-state index in [0.29, 0.717) is 34.1 Å². The van der Waals surface area contributed by atoms with Gasteiger partial charge in [0, 0.05) is 23.5 Å². The molecule has 29 heavy (non-hydrogen) atoms. The molecule has 2 aromatic carbocycles. The van der Waals surface area contributed by atoms with Crippen molar-refractivity contribution in [1.82, 2.24) is 4.98 Å². The van der Waals surface area contributed by atoms with Gasteiger partial charge in [-0.2, -0.15) is 0 Å². The molecule has 0 atom stereocenters. The van der Waals surface area contributed by atoms with Gasteiger partial charge in [0.05, 0.1) is 25.5 Å². The summed E-state index contributed by atoms with van der Waals surface area (Å²) in [5.74, 6) is 1.41. The summed E-state index contributed by atoms with van der Waals surface area (Å²) in [6.07, 6.45) is 1.48. The molecule has 0 aliphatic heterocycles. The van der Waals surface area contributed by atoms with Crippen molar-refractivity contribution in [3.05, 3.63) is 71.9 Å². The Bertz CT molecular complexity index is 1020. The number of methoxy groups -OCH3 is 2. The molecule has 148 valence electrons. The predicted octanol–water partition coefficient (Wildman–Crippen LogP) is 4.30. The highest BCUT2D eigenvalue weighted by Crippen LogP contribution is 2.29. The van der Waals surface area contributed by atoms with Gasteiger partial charge in [-0.05, 0) is 55.5 Å². The number of Topliss-reactive ketones (excluding diaryl/α,β-unsaturated/α-hetero) is 1. The van der Waals surface area contributed by atoms with Gasteiger partial charge in [0.25, 0.3) is 5.91 Å². The van der Waals surface area contributed by atoms with E-state index in [-0.39, 0.29) is 11.7 Å². The summed E-state index contributed by atoms with van der Waals surface area (Å²) >= 11 is 0. The highest BCUT2D eigenvalue weighted by Gasteiger charge is 2.12. The average molecular weight is 391 g/mol. The van der Waals surface area contributed by atoms with Crippen LogP contribution in [-0.4, -0.2) is 30.9 Å². The first-order valence-electron chi connectivity index (χ1n) is 8.87. The van der Waals surface area contributed by atoms with Crippen molar-refractivity contribution >= 4 is 28.9 Å². The molecule has 1 heterocycles. The van der Waals surface area contributed by atoms with Crippen LogP contribution in [-0.2, 0) is 0 Å². The van der Waals surface area contributed by atoms with Gasteiger partial charge in [0.1, 0.15) is 17.3 Å². The minimum absolute atomic E-state index is 0.0118. The average Bonchev–Trinajstić information content (AvgIpc) is 2.74. The quantitative estimate of drug-likeness (QED) is 0.584. The summed E-state index contributed by atoms with van der Waals surface area (Å²) in [4.78, 5) is 28.2. The summed E-state index contributed by atoms with van der Waals surface area (Å²) in [5, 5.41) is 5.93. The van der Waals surface area contributed by atoms with Gasteiger partial charge in [0.15, 0.2) is 5.78 Å². The van der Waals surface area contributed by atoms with Crippen LogP contribution in [0.5, 0.6) is 11.5 Å². The summed E-state index contributed by atoms with van der Waals surface area (Å²) in [6.45, 7) is 1.52. The number of ether oxygens (including phenoxy) is 2. The van der Waals surface area contributed by atoms with Gasteiger partial charge in [-0.25, -0.2) is 4.98 Å². The Morgan fingerprint density at radius 3 is 2.21 bits per heavy atom. The third kappa shape index (κ3) is 4.90. The van der Waals surface area contributed by atoms with Gasteiger partial charge >= 0.3 is 0 Å². The van der Waals surface area contributed by atoms with Gasteiger partial charge in [0.2, 0.25) is 0 Å². The maximum atomic E-state index is 12.6. The second-order valence-electron chi connectivity index (χ2n) is 6.21. The number of amides is 1. The van der Waals surface area contributed by atoms with Crippen molar-refractivity contribution in [2.75, 3.05) is 24.9 Å². The number of benzene rings is 2. The number of ketones is 1. The van der Waals surface area contributed by atoms with E-state index in [1.54, 1.807) is 61.7 Å². The van der Waals surface area contributed by atoms with E-state index in [1.165, 1.54) is 20.2 Å². The first kappa shape index (κ1) is 19.9. The van der Waals surface area contributed by atoms with E-state index in [1.807, 2.05) is 0 Å². The molecular weight excluding hydrogens is 370 g/mol. The van der Waals surface area contributed by atoms with Crippen LogP contribution in [0.3, 0.4) is 0 Å². The van der Waals surface area contributed by atoms with Crippen molar-refractivity contribution in [2.45, 2.75) is 6.92 Å². The predicted molar refractivity (Wildman–Crippen MR) is 111 cm³/mol. The molecule has 0 spiro atoms. The van der Waals surface area contributed by atoms with Gasteiger partial charge < -0.3 is 20.1 Å². The Hall–Kier alpha value is -3.87. The van der Waals surface area contributed by atoms with Gasteiger partial charge in [-0.1, -0.05) is 0 Å². The van der Waals surface area contributed by atoms with E-state index in [2.05, 4.69) is 15.6 Å². The summed E-state index contributed by atoms with van der Waals surface area (Å²) < 4.78 is 10.5. The number of pyridine rings is 1. The number of hydrogen-bond donors (Lipinski definition) is 2. The zero-order valence-electron chi connectivity index (χ0n) is 16.4. The maximum Gasteiger partial charge on any atom is 0.257 e. The Labute approximate surface area is 168 Å². The third-order valence-corrected chi connectivity index (χ3v) is 4.24. The van der Waals surface area contributed by atoms with Crippen molar-refractivity contribution in [3.63, 3.8) is 0 Å². The zero-order chi connectivity index (χ0) is 20.8. The molecule has 0 aliphatic rings. The molecule has 0 aliphatic carbocycles. The molecule has 0 fully saturated rings. The number of anilines is 3. The van der Waals surface area contributed by atoms with E-state index in [4.69, 9.17) is 9.47 Å². The number of aromatic nitrogens is 1. The van der Waals surface area contributed by atoms with Crippen molar-refractivity contribution in [2.24, 2.45) is 0 Å². The molecule has 1 amide bonds. The monoisotopic (exact) mass is 391 g/mol. The number of carbonyl (C=O) groups is 2. The lowest BCUT2D eigenvalue weighted by Crippen LogP contribution is -2.13. The number of hydrogen-bond acceptors (Lipinski definition) is 6. The normalized spacial score (nSPS) is 10.2. The Balaban J connectivity index is 1.69. The van der Waals surface area contributed by atoms with E-state index >= 15 is 0 Å². The summed E-state index contributed by atoms with van der Waals surface area (Å²) in [5.41, 5.74) is 2.33. The first-order valence-corrected chi connectivity index (χ1v) is 8.87. The minimum atomic E-state index is -0.318. The van der Waals surface area contributed by atoms with Crippen LogP contribution in [0.4, 0.5) is 17.2 Å². The zero-order valence-corrected chi connectivity index (χ0v) is 16.4. The second kappa shape index (κ2) is 8.88. The lowest BCUT2D eigenvalue weighted by molar-refractivity contribution is 0.101. The molecule has 3 aromatic rings. The molecule has 1 aromatic heterocycles. The summed E-state index contributed by atoms with van der Waals surface area (Å²) in [7, 11) is 3.08. The molecule has 0 unspecified atom stereocenters. The standard InChI is InChI=1S/C22H21N3O4/c1-14(26)15-4-7-17(8-5-15)24-21-11-6-16(13-23-21)22(27)25-19-12-18(28-2)9-10-20(19)29-3/h4-13H,1-3H3,(H,23,24)(H,25,27). The van der Waals surface area contributed by atoms with Gasteiger partial charge in [-0.3, -0.25) is 9.59 Å². The van der Waals surface area contributed by atoms with Crippen molar-refractivity contribution < 1.29 is 19.1 Å². The molecular formula is C22H21N3O4. The third-order valence-electron chi connectivity index (χ3n) is 4.24. The van der Waals surface area contributed by atoms with Crippen LogP contribution >= 0.6 is 0 Å². The maximum absolute atomic E-state index is 12.6. The molecule has 7 heteroatoms. The van der Waals surface area contributed by atoms with Crippen molar-refractivity contribution in [3.8, 4) is 11.5 Å². The fourth-order valence-electron chi connectivity index (χ4n) is 2.64. The fraction of sp³-hybridized carbons (Fsp3) is 0.136. The van der Waals surface area contributed by atoms with Crippen molar-refractivity contribution in [1.29, 1.82) is 0 Å². The molecule has 7 nitrogen and oxygen atoms in total. The topological polar surface area (TPSA) is 89.5 Å². The SMILES string of the molecule is COc1ccc(OC)c(NC(=O)c2ccc(Nc3ccc(C(C)=O)cc3)nc2)c1. The highest BCUT2D eigenvalue weighted by molar-refractivity contribution is 6.05. The number of nitrogens with zero attached hydrogens (tertiary/aromatic N) is 1. The fourth-order valence-corrected chi connectivity index (χ4v) is 2.64. The van der Waals surface area contributed by atoms with Crippen LogP contribution in [0, 0.1) is 0 Å². The molecule has 0 saturated carbocycles. The lowest BCUT2D eigenvalue weighted by atomic mass is 10.1.